The van der Waals surface area contributed by atoms with Crippen LogP contribution < -0.4 is 4.90 Å². The number of anilines is 1. The molecule has 130 valence electrons. The van der Waals surface area contributed by atoms with Crippen molar-refractivity contribution in [2.75, 3.05) is 32.1 Å². The summed E-state index contributed by atoms with van der Waals surface area (Å²) in [5, 5.41) is 0. The van der Waals surface area contributed by atoms with E-state index in [-0.39, 0.29) is 5.82 Å². The summed E-state index contributed by atoms with van der Waals surface area (Å²) in [5.74, 6) is 0.192. The number of hydrogen-bond donors (Lipinski definition) is 0. The minimum absolute atomic E-state index is 0.192. The van der Waals surface area contributed by atoms with Crippen LogP contribution in [0.2, 0.25) is 0 Å². The van der Waals surface area contributed by atoms with Gasteiger partial charge in [0.1, 0.15) is 11.4 Å². The highest BCUT2D eigenvalue weighted by atomic mass is 19.4. The van der Waals surface area contributed by atoms with Gasteiger partial charge in [-0.25, -0.2) is 9.78 Å². The van der Waals surface area contributed by atoms with Crippen LogP contribution in [0.25, 0.3) is 0 Å². The third-order valence-corrected chi connectivity index (χ3v) is 2.94. The number of carbonyl (C=O) groups is 1. The van der Waals surface area contributed by atoms with Gasteiger partial charge in [-0.3, -0.25) is 0 Å². The Hall–Kier alpha value is -1.99. The number of halogens is 3. The Morgan fingerprint density at radius 3 is 2.35 bits per heavy atom. The molecule has 1 aromatic rings. The molecule has 0 spiro atoms. The molecule has 1 heterocycles. The third kappa shape index (κ3) is 6.33. The molecule has 1 aromatic heterocycles. The fourth-order valence-electron chi connectivity index (χ4n) is 1.65. The zero-order valence-electron chi connectivity index (χ0n) is 13.9. The lowest BCUT2D eigenvalue weighted by molar-refractivity contribution is -0.137. The zero-order valence-corrected chi connectivity index (χ0v) is 13.9. The first kappa shape index (κ1) is 19.1. The van der Waals surface area contributed by atoms with Crippen LogP contribution in [0.1, 0.15) is 26.3 Å². The number of carbonyl (C=O) groups excluding carboxylic acids is 1. The fourth-order valence-corrected chi connectivity index (χ4v) is 1.65. The summed E-state index contributed by atoms with van der Waals surface area (Å²) in [7, 11) is 3.19. The van der Waals surface area contributed by atoms with Crippen molar-refractivity contribution in [3.05, 3.63) is 23.9 Å². The molecule has 0 aliphatic carbocycles. The Bertz CT molecular complexity index is 542. The Morgan fingerprint density at radius 2 is 1.83 bits per heavy atom. The average Bonchev–Trinajstić information content (AvgIpc) is 2.41. The van der Waals surface area contributed by atoms with Crippen LogP contribution in [0.15, 0.2) is 18.3 Å². The lowest BCUT2D eigenvalue weighted by Crippen LogP contribution is -2.38. The Kier molecular flexibility index (Phi) is 5.85. The molecule has 0 fully saturated rings. The second kappa shape index (κ2) is 7.06. The van der Waals surface area contributed by atoms with E-state index in [4.69, 9.17) is 4.74 Å². The molecule has 0 bridgehead atoms. The Morgan fingerprint density at radius 1 is 1.22 bits per heavy atom. The Labute approximate surface area is 134 Å². The third-order valence-electron chi connectivity index (χ3n) is 2.94. The van der Waals surface area contributed by atoms with Gasteiger partial charge in [-0.1, -0.05) is 0 Å². The van der Waals surface area contributed by atoms with E-state index in [2.05, 4.69) is 4.98 Å². The summed E-state index contributed by atoms with van der Waals surface area (Å²) in [6.07, 6.45) is -3.78. The number of nitrogens with zero attached hydrogens (tertiary/aromatic N) is 3. The van der Waals surface area contributed by atoms with Gasteiger partial charge in [-0.2, -0.15) is 13.2 Å². The number of ether oxygens (including phenoxy) is 1. The molecule has 1 rings (SSSR count). The van der Waals surface area contributed by atoms with Crippen molar-refractivity contribution >= 4 is 11.9 Å². The van der Waals surface area contributed by atoms with Gasteiger partial charge in [0, 0.05) is 33.4 Å². The number of likely N-dealkylation sites (N-methyl/N-ethyl adjacent to an activating group) is 2. The van der Waals surface area contributed by atoms with Crippen molar-refractivity contribution in [3.8, 4) is 0 Å². The molecule has 0 aromatic carbocycles. The normalized spacial score (nSPS) is 12.0. The highest BCUT2D eigenvalue weighted by Crippen LogP contribution is 2.30. The minimum atomic E-state index is -4.41. The van der Waals surface area contributed by atoms with Crippen molar-refractivity contribution in [2.45, 2.75) is 32.5 Å². The van der Waals surface area contributed by atoms with Crippen molar-refractivity contribution in [3.63, 3.8) is 0 Å². The zero-order chi connectivity index (χ0) is 17.8. The maximum absolute atomic E-state index is 12.7. The molecule has 0 atom stereocenters. The molecule has 0 unspecified atom stereocenters. The minimum Gasteiger partial charge on any atom is -0.444 e. The smallest absolute Gasteiger partial charge is 0.416 e. The van der Waals surface area contributed by atoms with E-state index in [1.807, 2.05) is 0 Å². The first-order valence-electron chi connectivity index (χ1n) is 7.08. The van der Waals surface area contributed by atoms with Gasteiger partial charge in [0.15, 0.2) is 0 Å². The molecule has 0 saturated carbocycles. The van der Waals surface area contributed by atoms with Gasteiger partial charge < -0.3 is 14.5 Å². The average molecular weight is 333 g/mol. The second-order valence-electron chi connectivity index (χ2n) is 6.22. The van der Waals surface area contributed by atoms with Gasteiger partial charge in [0.25, 0.3) is 0 Å². The molecule has 8 heteroatoms. The van der Waals surface area contributed by atoms with E-state index < -0.39 is 23.4 Å². The van der Waals surface area contributed by atoms with Crippen LogP contribution in [0.4, 0.5) is 23.8 Å². The van der Waals surface area contributed by atoms with Crippen LogP contribution in [-0.4, -0.2) is 48.8 Å². The topological polar surface area (TPSA) is 45.7 Å². The molecule has 0 saturated heterocycles. The molecule has 1 amide bonds. The summed E-state index contributed by atoms with van der Waals surface area (Å²) < 4.78 is 43.3. The standard InChI is InChI=1S/C15H22F3N3O2/c1-14(2,3)23-13(22)21(5)9-8-20(4)12-10-11(6-7-19-12)15(16,17)18/h6-7,10H,8-9H2,1-5H3. The summed E-state index contributed by atoms with van der Waals surface area (Å²) in [6.45, 7) is 5.90. The molecule has 0 radical (unpaired) electrons. The molecular formula is C15H22F3N3O2. The fraction of sp³-hybridized carbons (Fsp3) is 0.600. The summed E-state index contributed by atoms with van der Waals surface area (Å²) in [6, 6.07) is 1.90. The van der Waals surface area contributed by atoms with Gasteiger partial charge >= 0.3 is 12.3 Å². The van der Waals surface area contributed by atoms with Crippen molar-refractivity contribution in [1.82, 2.24) is 9.88 Å². The molecule has 0 N–H and O–H groups in total. The van der Waals surface area contributed by atoms with E-state index >= 15 is 0 Å². The van der Waals surface area contributed by atoms with E-state index in [0.29, 0.717) is 13.1 Å². The van der Waals surface area contributed by atoms with Crippen LogP contribution >= 0.6 is 0 Å². The summed E-state index contributed by atoms with van der Waals surface area (Å²) in [5.41, 5.74) is -1.35. The summed E-state index contributed by atoms with van der Waals surface area (Å²) in [4.78, 5) is 18.7. The van der Waals surface area contributed by atoms with Gasteiger partial charge in [0.2, 0.25) is 0 Å². The van der Waals surface area contributed by atoms with Gasteiger partial charge in [-0.15, -0.1) is 0 Å². The van der Waals surface area contributed by atoms with Crippen LogP contribution in [0.3, 0.4) is 0 Å². The molecule has 0 aliphatic rings. The largest absolute Gasteiger partial charge is 0.444 e. The Balaban J connectivity index is 2.63. The predicted octanol–water partition coefficient (Wildman–Crippen LogP) is 3.40. The number of amides is 1. The van der Waals surface area contributed by atoms with Gasteiger partial charge in [-0.05, 0) is 32.9 Å². The SMILES string of the molecule is CN(CCN(C)c1cc(C(F)(F)F)ccn1)C(=O)OC(C)(C)C. The second-order valence-corrected chi connectivity index (χ2v) is 6.22. The van der Waals surface area contributed by atoms with Crippen LogP contribution in [-0.2, 0) is 10.9 Å². The maximum Gasteiger partial charge on any atom is 0.416 e. The van der Waals surface area contributed by atoms with Crippen LogP contribution in [0, 0.1) is 0 Å². The van der Waals surface area contributed by atoms with Crippen molar-refractivity contribution in [2.24, 2.45) is 0 Å². The number of aromatic nitrogens is 1. The van der Waals surface area contributed by atoms with E-state index in [1.54, 1.807) is 39.8 Å². The first-order chi connectivity index (χ1) is 10.4. The number of hydrogen-bond acceptors (Lipinski definition) is 4. The number of rotatable bonds is 4. The van der Waals surface area contributed by atoms with E-state index in [1.165, 1.54) is 4.90 Å². The summed E-state index contributed by atoms with van der Waals surface area (Å²) >= 11 is 0. The van der Waals surface area contributed by atoms with E-state index in [0.717, 1.165) is 18.3 Å². The monoisotopic (exact) mass is 333 g/mol. The molecule has 0 aliphatic heterocycles. The highest BCUT2D eigenvalue weighted by Gasteiger charge is 2.31. The van der Waals surface area contributed by atoms with Gasteiger partial charge in [0.05, 0.1) is 5.56 Å². The first-order valence-corrected chi connectivity index (χ1v) is 7.08. The van der Waals surface area contributed by atoms with Crippen LogP contribution in [0.5, 0.6) is 0 Å². The lowest BCUT2D eigenvalue weighted by atomic mass is 10.2. The van der Waals surface area contributed by atoms with E-state index in [9.17, 15) is 18.0 Å². The number of alkyl halides is 3. The number of pyridine rings is 1. The molecule has 23 heavy (non-hydrogen) atoms. The van der Waals surface area contributed by atoms with Crippen molar-refractivity contribution in [1.29, 1.82) is 0 Å². The molecule has 5 nitrogen and oxygen atoms in total. The highest BCUT2D eigenvalue weighted by molar-refractivity contribution is 5.67. The molecular weight excluding hydrogens is 311 g/mol. The maximum atomic E-state index is 12.7. The lowest BCUT2D eigenvalue weighted by Gasteiger charge is -2.26. The quantitative estimate of drug-likeness (QED) is 0.847. The predicted molar refractivity (Wildman–Crippen MR) is 81.4 cm³/mol. The van der Waals surface area contributed by atoms with Crippen molar-refractivity contribution < 1.29 is 22.7 Å².